The van der Waals surface area contributed by atoms with E-state index >= 15 is 0 Å². The number of nitrogens with zero attached hydrogens (tertiary/aromatic N) is 2. The molecule has 1 fully saturated rings. The Bertz CT molecular complexity index is 782. The largest absolute Gasteiger partial charge is 0.384 e. The van der Waals surface area contributed by atoms with E-state index in [-0.39, 0.29) is 0 Å². The van der Waals surface area contributed by atoms with Gasteiger partial charge in [-0.1, -0.05) is 24.3 Å². The van der Waals surface area contributed by atoms with Gasteiger partial charge in [-0.25, -0.2) is 4.98 Å². The fourth-order valence-electron chi connectivity index (χ4n) is 3.28. The third kappa shape index (κ3) is 2.46. The first-order valence-electron chi connectivity index (χ1n) is 7.85. The Morgan fingerprint density at radius 1 is 1.09 bits per heavy atom. The van der Waals surface area contributed by atoms with Crippen LogP contribution in [0.4, 0.5) is 5.82 Å². The summed E-state index contributed by atoms with van der Waals surface area (Å²) in [5, 5.41) is 1.11. The van der Waals surface area contributed by atoms with E-state index in [1.54, 1.807) is 0 Å². The van der Waals surface area contributed by atoms with Crippen LogP contribution in [0.1, 0.15) is 18.4 Å². The zero-order chi connectivity index (χ0) is 14.9. The molecule has 22 heavy (non-hydrogen) atoms. The van der Waals surface area contributed by atoms with Gasteiger partial charge in [-0.2, -0.15) is 0 Å². The van der Waals surface area contributed by atoms with Gasteiger partial charge < -0.3 is 10.7 Å². The molecule has 0 amide bonds. The molecule has 4 heteroatoms. The van der Waals surface area contributed by atoms with Crippen LogP contribution in [0.5, 0.6) is 0 Å². The summed E-state index contributed by atoms with van der Waals surface area (Å²) in [5.74, 6) is 0.547. The topological polar surface area (TPSA) is 57.9 Å². The highest BCUT2D eigenvalue weighted by atomic mass is 15.1. The molecule has 1 aliphatic rings. The molecule has 0 atom stereocenters. The highest BCUT2D eigenvalue weighted by molar-refractivity contribution is 5.94. The van der Waals surface area contributed by atoms with Crippen molar-refractivity contribution in [2.24, 2.45) is 0 Å². The van der Waals surface area contributed by atoms with Crippen LogP contribution < -0.4 is 5.73 Å². The second-order valence-corrected chi connectivity index (χ2v) is 6.01. The summed E-state index contributed by atoms with van der Waals surface area (Å²) in [6.45, 7) is 3.51. The molecular formula is C18H20N4. The van der Waals surface area contributed by atoms with Gasteiger partial charge in [-0.3, -0.25) is 4.90 Å². The molecule has 3 N–H and O–H groups in total. The van der Waals surface area contributed by atoms with Gasteiger partial charge in [0.05, 0.1) is 0 Å². The Balaban J connectivity index is 1.65. The minimum atomic E-state index is 0.547. The fourth-order valence-corrected chi connectivity index (χ4v) is 3.28. The van der Waals surface area contributed by atoms with Crippen LogP contribution in [-0.4, -0.2) is 28.0 Å². The van der Waals surface area contributed by atoms with Crippen molar-refractivity contribution in [1.82, 2.24) is 14.9 Å². The highest BCUT2D eigenvalue weighted by Gasteiger charge is 2.12. The van der Waals surface area contributed by atoms with E-state index < -0.39 is 0 Å². The minimum Gasteiger partial charge on any atom is -0.384 e. The number of aromatic nitrogens is 2. The summed E-state index contributed by atoms with van der Waals surface area (Å²) in [6.07, 6.45) is 4.57. The maximum atomic E-state index is 5.92. The molecule has 4 nitrogen and oxygen atoms in total. The van der Waals surface area contributed by atoms with Crippen LogP contribution in [0, 0.1) is 0 Å². The van der Waals surface area contributed by atoms with Crippen molar-refractivity contribution in [3.8, 4) is 11.1 Å². The number of likely N-dealkylation sites (tertiary alicyclic amines) is 1. The van der Waals surface area contributed by atoms with Crippen LogP contribution in [0.2, 0.25) is 0 Å². The zero-order valence-electron chi connectivity index (χ0n) is 12.5. The lowest BCUT2D eigenvalue weighted by Gasteiger charge is -2.14. The lowest BCUT2D eigenvalue weighted by molar-refractivity contribution is 0.331. The molecule has 0 radical (unpaired) electrons. The summed E-state index contributed by atoms with van der Waals surface area (Å²) in [6, 6.07) is 12.8. The van der Waals surface area contributed by atoms with Gasteiger partial charge in [-0.15, -0.1) is 0 Å². The van der Waals surface area contributed by atoms with E-state index in [1.165, 1.54) is 37.1 Å². The van der Waals surface area contributed by atoms with Gasteiger partial charge in [0.1, 0.15) is 11.5 Å². The van der Waals surface area contributed by atoms with Gasteiger partial charge >= 0.3 is 0 Å². The number of rotatable bonds is 3. The SMILES string of the molecule is Nc1cc(-c2ccc(CN3CCCC3)cc2)c2cc[nH]c2n1. The summed E-state index contributed by atoms with van der Waals surface area (Å²) in [4.78, 5) is 9.97. The molecule has 0 spiro atoms. The lowest BCUT2D eigenvalue weighted by atomic mass is 10.0. The Labute approximate surface area is 130 Å². The molecule has 1 aromatic carbocycles. The highest BCUT2D eigenvalue weighted by Crippen LogP contribution is 2.29. The second kappa shape index (κ2) is 5.46. The van der Waals surface area contributed by atoms with E-state index in [0.29, 0.717) is 5.82 Å². The van der Waals surface area contributed by atoms with Crippen molar-refractivity contribution in [3.05, 3.63) is 48.2 Å². The number of nitrogens with two attached hydrogens (primary N) is 1. The van der Waals surface area contributed by atoms with Gasteiger partial charge in [0, 0.05) is 18.1 Å². The Morgan fingerprint density at radius 2 is 1.86 bits per heavy atom. The van der Waals surface area contributed by atoms with Gasteiger partial charge in [-0.05, 0) is 54.8 Å². The number of aromatic amines is 1. The maximum absolute atomic E-state index is 5.92. The molecule has 0 unspecified atom stereocenters. The summed E-state index contributed by atoms with van der Waals surface area (Å²) in [5.41, 5.74) is 10.5. The Kier molecular flexibility index (Phi) is 3.31. The molecule has 2 aromatic heterocycles. The third-order valence-corrected chi connectivity index (χ3v) is 4.42. The number of pyridine rings is 1. The normalized spacial score (nSPS) is 15.6. The molecule has 4 rings (SSSR count). The molecule has 1 aliphatic heterocycles. The number of hydrogen-bond donors (Lipinski definition) is 2. The summed E-state index contributed by atoms with van der Waals surface area (Å²) in [7, 11) is 0. The summed E-state index contributed by atoms with van der Waals surface area (Å²) < 4.78 is 0. The number of anilines is 1. The molecule has 0 aliphatic carbocycles. The van der Waals surface area contributed by atoms with Gasteiger partial charge in [0.15, 0.2) is 0 Å². The minimum absolute atomic E-state index is 0.547. The molecular weight excluding hydrogens is 272 g/mol. The van der Waals surface area contributed by atoms with E-state index in [2.05, 4.69) is 45.2 Å². The zero-order valence-corrected chi connectivity index (χ0v) is 12.5. The van der Waals surface area contributed by atoms with Gasteiger partial charge in [0.25, 0.3) is 0 Å². The molecule has 0 bridgehead atoms. The second-order valence-electron chi connectivity index (χ2n) is 6.01. The predicted molar refractivity (Wildman–Crippen MR) is 90.5 cm³/mol. The van der Waals surface area contributed by atoms with E-state index in [4.69, 9.17) is 5.73 Å². The maximum Gasteiger partial charge on any atom is 0.140 e. The van der Waals surface area contributed by atoms with Crippen LogP contribution in [-0.2, 0) is 6.54 Å². The van der Waals surface area contributed by atoms with Crippen LogP contribution in [0.25, 0.3) is 22.2 Å². The van der Waals surface area contributed by atoms with E-state index in [1.807, 2.05) is 12.3 Å². The van der Waals surface area contributed by atoms with Crippen LogP contribution in [0.15, 0.2) is 42.6 Å². The number of H-pyrrole nitrogens is 1. The standard InChI is InChI=1S/C18H20N4/c19-17-11-16(15-7-8-20-18(15)21-17)14-5-3-13(4-6-14)12-22-9-1-2-10-22/h3-8,11H,1-2,9-10,12H2,(H3,19,20,21). The smallest absolute Gasteiger partial charge is 0.140 e. The van der Waals surface area contributed by atoms with Crippen molar-refractivity contribution in [2.75, 3.05) is 18.8 Å². The van der Waals surface area contributed by atoms with Crippen molar-refractivity contribution in [2.45, 2.75) is 19.4 Å². The van der Waals surface area contributed by atoms with Crippen molar-refractivity contribution in [3.63, 3.8) is 0 Å². The van der Waals surface area contributed by atoms with Crippen molar-refractivity contribution >= 4 is 16.9 Å². The van der Waals surface area contributed by atoms with E-state index in [9.17, 15) is 0 Å². The van der Waals surface area contributed by atoms with E-state index in [0.717, 1.165) is 23.1 Å². The molecule has 112 valence electrons. The Morgan fingerprint density at radius 3 is 2.64 bits per heavy atom. The molecule has 1 saturated heterocycles. The quantitative estimate of drug-likeness (QED) is 0.778. The molecule has 0 saturated carbocycles. The van der Waals surface area contributed by atoms with Crippen molar-refractivity contribution < 1.29 is 0 Å². The number of benzene rings is 1. The lowest BCUT2D eigenvalue weighted by Crippen LogP contribution is -2.18. The average Bonchev–Trinajstić information content (AvgIpc) is 3.18. The molecule has 3 heterocycles. The first-order chi connectivity index (χ1) is 10.8. The predicted octanol–water partition coefficient (Wildman–Crippen LogP) is 3.41. The average molecular weight is 292 g/mol. The first kappa shape index (κ1) is 13.3. The summed E-state index contributed by atoms with van der Waals surface area (Å²) >= 11 is 0. The van der Waals surface area contributed by atoms with Gasteiger partial charge in [0.2, 0.25) is 0 Å². The number of nitrogen functional groups attached to an aromatic ring is 1. The number of hydrogen-bond acceptors (Lipinski definition) is 3. The fraction of sp³-hybridized carbons (Fsp3) is 0.278. The van der Waals surface area contributed by atoms with Crippen molar-refractivity contribution in [1.29, 1.82) is 0 Å². The first-order valence-corrected chi connectivity index (χ1v) is 7.85. The van der Waals surface area contributed by atoms with Crippen LogP contribution >= 0.6 is 0 Å². The third-order valence-electron chi connectivity index (χ3n) is 4.42. The Hall–Kier alpha value is -2.33. The van der Waals surface area contributed by atoms with Crippen LogP contribution in [0.3, 0.4) is 0 Å². The molecule has 3 aromatic rings. The number of fused-ring (bicyclic) bond motifs is 1. The number of nitrogens with one attached hydrogen (secondary N) is 1. The monoisotopic (exact) mass is 292 g/mol.